The van der Waals surface area contributed by atoms with Gasteiger partial charge in [-0.05, 0) is 24.3 Å². The maximum atomic E-state index is 12.3. The lowest BCUT2D eigenvalue weighted by Gasteiger charge is -2.31. The lowest BCUT2D eigenvalue weighted by molar-refractivity contribution is 0.00278. The number of amides is 1. The highest BCUT2D eigenvalue weighted by Crippen LogP contribution is 2.12. The van der Waals surface area contributed by atoms with Crippen molar-refractivity contribution in [1.82, 2.24) is 14.3 Å². The normalized spacial score (nSPS) is 19.5. The van der Waals surface area contributed by atoms with Gasteiger partial charge in [0, 0.05) is 32.2 Å². The zero-order chi connectivity index (χ0) is 18.7. The molecule has 1 amide bonds. The summed E-state index contributed by atoms with van der Waals surface area (Å²) >= 11 is 0. The Morgan fingerprint density at radius 3 is 2.44 bits per heavy atom. The maximum absolute atomic E-state index is 12.3. The van der Waals surface area contributed by atoms with E-state index in [2.05, 4.69) is 10.0 Å². The maximum Gasteiger partial charge on any atom is 0.251 e. The van der Waals surface area contributed by atoms with Crippen LogP contribution in [0.2, 0.25) is 0 Å². The number of nitrogens with zero attached hydrogens (tertiary/aromatic N) is 1. The number of hydrogen-bond acceptors (Lipinski definition) is 6. The van der Waals surface area contributed by atoms with Gasteiger partial charge in [0.1, 0.15) is 0 Å². The number of carbonyl (C=O) groups is 1. The van der Waals surface area contributed by atoms with Crippen LogP contribution in [0.25, 0.3) is 0 Å². The number of sulfonamides is 2. The van der Waals surface area contributed by atoms with Crippen LogP contribution in [-0.4, -0.2) is 72.7 Å². The zero-order valence-electron chi connectivity index (χ0n) is 13.9. The van der Waals surface area contributed by atoms with Gasteiger partial charge >= 0.3 is 0 Å². The van der Waals surface area contributed by atoms with Crippen LogP contribution in [0.15, 0.2) is 29.2 Å². The van der Waals surface area contributed by atoms with E-state index >= 15 is 0 Å². The monoisotopic (exact) mass is 391 g/mol. The molecule has 1 unspecified atom stereocenters. The van der Waals surface area contributed by atoms with Crippen LogP contribution in [0.1, 0.15) is 10.4 Å². The fourth-order valence-corrected chi connectivity index (χ4v) is 4.24. The highest BCUT2D eigenvalue weighted by atomic mass is 32.2. The molecule has 1 aliphatic heterocycles. The fraction of sp³-hybridized carbons (Fsp3) is 0.500. The topological polar surface area (TPSA) is 122 Å². The molecule has 9 nitrogen and oxygen atoms in total. The second-order valence-corrected chi connectivity index (χ2v) is 9.32. The van der Waals surface area contributed by atoms with Gasteiger partial charge in [-0.1, -0.05) is 0 Å². The van der Waals surface area contributed by atoms with E-state index in [1.807, 2.05) is 0 Å². The molecule has 1 aliphatic rings. The van der Waals surface area contributed by atoms with Crippen LogP contribution in [0.4, 0.5) is 0 Å². The smallest absolute Gasteiger partial charge is 0.251 e. The van der Waals surface area contributed by atoms with E-state index in [9.17, 15) is 21.6 Å². The van der Waals surface area contributed by atoms with Gasteiger partial charge in [0.15, 0.2) is 0 Å². The molecule has 140 valence electrons. The van der Waals surface area contributed by atoms with Crippen molar-refractivity contribution < 1.29 is 26.4 Å². The van der Waals surface area contributed by atoms with Gasteiger partial charge in [-0.3, -0.25) is 4.79 Å². The lowest BCUT2D eigenvalue weighted by atomic mass is 10.2. The number of benzene rings is 1. The van der Waals surface area contributed by atoms with E-state index in [4.69, 9.17) is 4.74 Å². The SMILES string of the molecule is CNC(=O)c1ccc(S(=O)(=O)NCC2CN(S(C)(=O)=O)CCO2)cc1. The van der Waals surface area contributed by atoms with Crippen LogP contribution in [0, 0.1) is 0 Å². The molecule has 2 rings (SSSR count). The van der Waals surface area contributed by atoms with Crippen molar-refractivity contribution in [3.05, 3.63) is 29.8 Å². The van der Waals surface area contributed by atoms with Gasteiger partial charge in [0.2, 0.25) is 20.0 Å². The molecule has 0 bridgehead atoms. The quantitative estimate of drug-likeness (QED) is 0.640. The lowest BCUT2D eigenvalue weighted by Crippen LogP contribution is -2.49. The number of hydrogen-bond donors (Lipinski definition) is 2. The third-order valence-corrected chi connectivity index (χ3v) is 6.43. The Balaban J connectivity index is 2.00. The Morgan fingerprint density at radius 2 is 1.88 bits per heavy atom. The molecule has 0 spiro atoms. The number of nitrogens with one attached hydrogen (secondary N) is 2. The van der Waals surface area contributed by atoms with Crippen molar-refractivity contribution in [3.8, 4) is 0 Å². The van der Waals surface area contributed by atoms with Crippen LogP contribution >= 0.6 is 0 Å². The van der Waals surface area contributed by atoms with Crippen LogP contribution < -0.4 is 10.0 Å². The summed E-state index contributed by atoms with van der Waals surface area (Å²) in [5.41, 5.74) is 0.348. The van der Waals surface area contributed by atoms with Crippen LogP contribution in [0.5, 0.6) is 0 Å². The average molecular weight is 391 g/mol. The minimum Gasteiger partial charge on any atom is -0.374 e. The average Bonchev–Trinajstić information content (AvgIpc) is 2.59. The highest BCUT2D eigenvalue weighted by Gasteiger charge is 2.27. The predicted molar refractivity (Wildman–Crippen MR) is 91.2 cm³/mol. The molecule has 1 atom stereocenters. The van der Waals surface area contributed by atoms with Crippen molar-refractivity contribution in [2.45, 2.75) is 11.0 Å². The Morgan fingerprint density at radius 1 is 1.24 bits per heavy atom. The number of carbonyl (C=O) groups excluding carboxylic acids is 1. The molecule has 1 aromatic carbocycles. The molecule has 0 saturated carbocycles. The van der Waals surface area contributed by atoms with Gasteiger partial charge in [0.05, 0.1) is 23.9 Å². The Labute approximate surface area is 147 Å². The van der Waals surface area contributed by atoms with Crippen molar-refractivity contribution in [2.24, 2.45) is 0 Å². The molecular formula is C14H21N3O6S2. The molecule has 1 saturated heterocycles. The van der Waals surface area contributed by atoms with Gasteiger partial charge in [-0.15, -0.1) is 0 Å². The Hall–Kier alpha value is -1.53. The first-order chi connectivity index (χ1) is 11.6. The van der Waals surface area contributed by atoms with Gasteiger partial charge < -0.3 is 10.1 Å². The molecule has 1 heterocycles. The first-order valence-corrected chi connectivity index (χ1v) is 10.8. The van der Waals surface area contributed by atoms with Crippen molar-refractivity contribution in [1.29, 1.82) is 0 Å². The third kappa shape index (κ3) is 5.22. The number of ether oxygens (including phenoxy) is 1. The summed E-state index contributed by atoms with van der Waals surface area (Å²) in [7, 11) is -5.65. The van der Waals surface area contributed by atoms with E-state index in [0.29, 0.717) is 5.56 Å². The Bertz CT molecular complexity index is 821. The summed E-state index contributed by atoms with van der Waals surface area (Å²) in [6.07, 6.45) is 0.538. The summed E-state index contributed by atoms with van der Waals surface area (Å²) in [4.78, 5) is 11.5. The summed E-state index contributed by atoms with van der Waals surface area (Å²) in [6, 6.07) is 5.49. The van der Waals surface area contributed by atoms with Crippen molar-refractivity contribution in [3.63, 3.8) is 0 Å². The molecule has 11 heteroatoms. The second-order valence-electron chi connectivity index (χ2n) is 5.57. The highest BCUT2D eigenvalue weighted by molar-refractivity contribution is 7.89. The van der Waals surface area contributed by atoms with Gasteiger partial charge in [0.25, 0.3) is 5.91 Å². The van der Waals surface area contributed by atoms with Crippen molar-refractivity contribution >= 4 is 26.0 Å². The summed E-state index contributed by atoms with van der Waals surface area (Å²) in [5, 5.41) is 2.45. The predicted octanol–water partition coefficient (Wildman–Crippen LogP) is -1.02. The first kappa shape index (κ1) is 19.8. The minimum absolute atomic E-state index is 0.0101. The van der Waals surface area contributed by atoms with Gasteiger partial charge in [-0.2, -0.15) is 4.31 Å². The standard InChI is InChI=1S/C14H21N3O6S2/c1-15-14(18)11-3-5-13(6-4-11)25(21,22)16-9-12-10-17(7-8-23-12)24(2,19)20/h3-6,12,16H,7-10H2,1-2H3,(H,15,18). The molecule has 0 aliphatic carbocycles. The van der Waals surface area contributed by atoms with Crippen LogP contribution in [-0.2, 0) is 24.8 Å². The fourth-order valence-electron chi connectivity index (χ4n) is 2.33. The van der Waals surface area contributed by atoms with E-state index in [1.54, 1.807) is 0 Å². The van der Waals surface area contributed by atoms with Crippen LogP contribution in [0.3, 0.4) is 0 Å². The van der Waals surface area contributed by atoms with Gasteiger partial charge in [-0.25, -0.2) is 21.6 Å². The van der Waals surface area contributed by atoms with E-state index < -0.39 is 26.2 Å². The molecule has 0 aromatic heterocycles. The summed E-state index contributed by atoms with van der Waals surface area (Å²) in [5.74, 6) is -0.312. The minimum atomic E-state index is -3.79. The zero-order valence-corrected chi connectivity index (χ0v) is 15.6. The Kier molecular flexibility index (Phi) is 6.16. The molecule has 25 heavy (non-hydrogen) atoms. The second kappa shape index (κ2) is 7.79. The summed E-state index contributed by atoms with van der Waals surface area (Å²) in [6.45, 7) is 0.506. The molecule has 0 radical (unpaired) electrons. The van der Waals surface area contributed by atoms with E-state index in [-0.39, 0.29) is 37.0 Å². The molecule has 1 aromatic rings. The first-order valence-electron chi connectivity index (χ1n) is 7.52. The third-order valence-electron chi connectivity index (χ3n) is 3.73. The number of rotatable bonds is 6. The van der Waals surface area contributed by atoms with E-state index in [1.165, 1.54) is 35.6 Å². The van der Waals surface area contributed by atoms with E-state index in [0.717, 1.165) is 6.26 Å². The molecule has 2 N–H and O–H groups in total. The molecular weight excluding hydrogens is 370 g/mol. The molecule has 1 fully saturated rings. The summed E-state index contributed by atoms with van der Waals surface area (Å²) < 4.78 is 56.8. The van der Waals surface area contributed by atoms with Crippen molar-refractivity contribution in [2.75, 3.05) is 39.5 Å². The largest absolute Gasteiger partial charge is 0.374 e. The number of morpholine rings is 1.